The van der Waals surface area contributed by atoms with Crippen LogP contribution in [0.4, 0.5) is 13.2 Å². The van der Waals surface area contributed by atoms with E-state index in [1.54, 1.807) is 0 Å². The zero-order chi connectivity index (χ0) is 14.5. The number of allylic oxidation sites excluding steroid dienone is 2. The summed E-state index contributed by atoms with van der Waals surface area (Å²) in [5.41, 5.74) is 0.622. The summed E-state index contributed by atoms with van der Waals surface area (Å²) in [7, 11) is 0. The molecule has 0 saturated heterocycles. The van der Waals surface area contributed by atoms with Crippen LogP contribution in [0.25, 0.3) is 0 Å². The average Bonchev–Trinajstić information content (AvgIpc) is 2.33. The molecule has 19 heavy (non-hydrogen) atoms. The van der Waals surface area contributed by atoms with Crippen molar-refractivity contribution in [3.8, 4) is 0 Å². The van der Waals surface area contributed by atoms with Gasteiger partial charge in [-0.15, -0.1) is 0 Å². The van der Waals surface area contributed by atoms with E-state index in [-0.39, 0.29) is 31.3 Å². The van der Waals surface area contributed by atoms with Crippen molar-refractivity contribution in [1.82, 2.24) is 10.6 Å². The minimum Gasteiger partial charge on any atom is -0.351 e. The maximum atomic E-state index is 12.4. The third-order valence-corrected chi connectivity index (χ3v) is 2.58. The van der Waals surface area contributed by atoms with E-state index in [0.29, 0.717) is 5.57 Å². The Bertz CT molecular complexity index is 414. The topological polar surface area (TPSA) is 58.2 Å². The van der Waals surface area contributed by atoms with Gasteiger partial charge in [-0.3, -0.25) is 9.59 Å². The molecule has 0 spiro atoms. The summed E-state index contributed by atoms with van der Waals surface area (Å²) in [6.07, 6.45) is -0.434. The fourth-order valence-corrected chi connectivity index (χ4v) is 1.51. The summed E-state index contributed by atoms with van der Waals surface area (Å²) in [6.45, 7) is 1.30. The fraction of sp³-hybridized carbons (Fsp3) is 0.500. The largest absolute Gasteiger partial charge is 0.395 e. The summed E-state index contributed by atoms with van der Waals surface area (Å²) < 4.78 is 37.1. The number of carbonyl (C=O) groups excluding carboxylic acids is 2. The maximum Gasteiger partial charge on any atom is 0.395 e. The molecule has 106 valence electrons. The van der Waals surface area contributed by atoms with Crippen LogP contribution in [0.5, 0.6) is 0 Å². The summed E-state index contributed by atoms with van der Waals surface area (Å²) >= 11 is 0. The first-order chi connectivity index (χ1) is 8.79. The van der Waals surface area contributed by atoms with E-state index in [0.717, 1.165) is 6.08 Å². The highest BCUT2D eigenvalue weighted by atomic mass is 19.4. The minimum atomic E-state index is -4.23. The number of nitrogens with one attached hydrogen (secondary N) is 2. The molecule has 0 heterocycles. The lowest BCUT2D eigenvalue weighted by Crippen LogP contribution is -2.36. The summed E-state index contributed by atoms with van der Waals surface area (Å²) in [4.78, 5) is 21.8. The summed E-state index contributed by atoms with van der Waals surface area (Å²) in [6, 6.07) is 0. The molecule has 1 atom stereocenters. The Balaban J connectivity index is 2.33. The van der Waals surface area contributed by atoms with Crippen LogP contribution in [-0.2, 0) is 9.59 Å². The number of rotatable bonds is 4. The first kappa shape index (κ1) is 15.3. The van der Waals surface area contributed by atoms with Gasteiger partial charge in [0.2, 0.25) is 11.8 Å². The summed E-state index contributed by atoms with van der Waals surface area (Å²) in [5, 5.41) is 4.83. The van der Waals surface area contributed by atoms with Gasteiger partial charge in [0.05, 0.1) is 12.5 Å². The van der Waals surface area contributed by atoms with Crippen molar-refractivity contribution >= 4 is 11.8 Å². The second-order valence-electron chi connectivity index (χ2n) is 4.21. The van der Waals surface area contributed by atoms with E-state index < -0.39 is 12.1 Å². The number of hydrogen-bond donors (Lipinski definition) is 2. The van der Waals surface area contributed by atoms with Gasteiger partial charge < -0.3 is 10.6 Å². The molecule has 2 N–H and O–H groups in total. The smallest absolute Gasteiger partial charge is 0.351 e. The molecule has 0 aromatic rings. The molecule has 0 fully saturated rings. The first-order valence-electron chi connectivity index (χ1n) is 5.74. The number of halogens is 3. The molecule has 0 bridgehead atoms. The van der Waals surface area contributed by atoms with Gasteiger partial charge in [-0.2, -0.15) is 13.2 Å². The second kappa shape index (κ2) is 6.40. The number of hydrogen-bond acceptors (Lipinski definition) is 2. The van der Waals surface area contributed by atoms with E-state index in [1.807, 2.05) is 0 Å². The fourth-order valence-electron chi connectivity index (χ4n) is 1.51. The molecule has 0 aromatic heterocycles. The van der Waals surface area contributed by atoms with Crippen molar-refractivity contribution in [3.05, 3.63) is 23.8 Å². The molecule has 1 unspecified atom stereocenters. The normalized spacial score (nSPS) is 18.7. The lowest BCUT2D eigenvalue weighted by molar-refractivity contribution is -0.160. The van der Waals surface area contributed by atoms with Crippen molar-refractivity contribution < 1.29 is 22.8 Å². The molecule has 0 saturated carbocycles. The van der Waals surface area contributed by atoms with Gasteiger partial charge in [0.25, 0.3) is 0 Å². The molecule has 2 amide bonds. The minimum absolute atomic E-state index is 0.114. The van der Waals surface area contributed by atoms with Crippen molar-refractivity contribution in [2.45, 2.75) is 19.5 Å². The third kappa shape index (κ3) is 5.58. The van der Waals surface area contributed by atoms with Gasteiger partial charge in [0.1, 0.15) is 0 Å². The van der Waals surface area contributed by atoms with Gasteiger partial charge in [-0.1, -0.05) is 18.2 Å². The molecule has 1 aliphatic carbocycles. The zero-order valence-electron chi connectivity index (χ0n) is 10.4. The maximum absolute atomic E-state index is 12.4. The van der Waals surface area contributed by atoms with Crippen LogP contribution in [-0.4, -0.2) is 31.1 Å². The van der Waals surface area contributed by atoms with Gasteiger partial charge in [0, 0.05) is 13.5 Å². The SMILES string of the molecule is CC(=O)NCC(=O)NCC1=CCC(C(F)(F)F)C=C1. The van der Waals surface area contributed by atoms with Crippen LogP contribution >= 0.6 is 0 Å². The zero-order valence-corrected chi connectivity index (χ0v) is 10.4. The lowest BCUT2D eigenvalue weighted by atomic mass is 9.96. The molecule has 1 aliphatic rings. The highest BCUT2D eigenvalue weighted by Gasteiger charge is 2.37. The van der Waals surface area contributed by atoms with Crippen molar-refractivity contribution in [2.75, 3.05) is 13.1 Å². The van der Waals surface area contributed by atoms with Gasteiger partial charge in [-0.25, -0.2) is 0 Å². The van der Waals surface area contributed by atoms with Crippen LogP contribution in [0.2, 0.25) is 0 Å². The van der Waals surface area contributed by atoms with Gasteiger partial charge in [0.15, 0.2) is 0 Å². The predicted molar refractivity (Wildman–Crippen MR) is 63.1 cm³/mol. The Morgan fingerprint density at radius 3 is 2.53 bits per heavy atom. The Labute approximate surface area is 108 Å². The quantitative estimate of drug-likeness (QED) is 0.813. The van der Waals surface area contributed by atoms with Crippen LogP contribution in [0.15, 0.2) is 23.8 Å². The highest BCUT2D eigenvalue weighted by Crippen LogP contribution is 2.32. The molecule has 7 heteroatoms. The Morgan fingerprint density at radius 1 is 1.37 bits per heavy atom. The first-order valence-corrected chi connectivity index (χ1v) is 5.74. The molecule has 4 nitrogen and oxygen atoms in total. The summed E-state index contributed by atoms with van der Waals surface area (Å²) in [5.74, 6) is -2.16. The lowest BCUT2D eigenvalue weighted by Gasteiger charge is -2.19. The highest BCUT2D eigenvalue weighted by molar-refractivity contribution is 5.83. The number of amides is 2. The second-order valence-corrected chi connectivity index (χ2v) is 4.21. The Hall–Kier alpha value is -1.79. The van der Waals surface area contributed by atoms with E-state index in [2.05, 4.69) is 10.6 Å². The van der Waals surface area contributed by atoms with E-state index in [1.165, 1.54) is 19.1 Å². The van der Waals surface area contributed by atoms with Crippen LogP contribution in [0.1, 0.15) is 13.3 Å². The van der Waals surface area contributed by atoms with Crippen molar-refractivity contribution in [2.24, 2.45) is 5.92 Å². The molecule has 0 radical (unpaired) electrons. The molecule has 1 rings (SSSR count). The van der Waals surface area contributed by atoms with Gasteiger partial charge in [-0.05, 0) is 12.0 Å². The van der Waals surface area contributed by atoms with Crippen LogP contribution < -0.4 is 10.6 Å². The monoisotopic (exact) mass is 276 g/mol. The number of carbonyl (C=O) groups is 2. The Kier molecular flexibility index (Phi) is 5.14. The van der Waals surface area contributed by atoms with E-state index >= 15 is 0 Å². The molecular weight excluding hydrogens is 261 g/mol. The van der Waals surface area contributed by atoms with E-state index in [9.17, 15) is 22.8 Å². The van der Waals surface area contributed by atoms with Gasteiger partial charge >= 0.3 is 6.18 Å². The van der Waals surface area contributed by atoms with Crippen LogP contribution in [0.3, 0.4) is 0 Å². The molecule has 0 aromatic carbocycles. The molecular formula is C12H15F3N2O2. The predicted octanol–water partition coefficient (Wildman–Crippen LogP) is 1.30. The number of alkyl halides is 3. The van der Waals surface area contributed by atoms with E-state index in [4.69, 9.17) is 0 Å². The molecule has 0 aliphatic heterocycles. The standard InChI is InChI=1S/C12H15F3N2O2/c1-8(18)16-7-11(19)17-6-9-2-4-10(5-3-9)12(13,14)15/h2-4,10H,5-7H2,1H3,(H,16,18)(H,17,19). The third-order valence-electron chi connectivity index (χ3n) is 2.58. The average molecular weight is 276 g/mol. The van der Waals surface area contributed by atoms with Crippen LogP contribution in [0, 0.1) is 5.92 Å². The van der Waals surface area contributed by atoms with Crippen molar-refractivity contribution in [3.63, 3.8) is 0 Å². The Morgan fingerprint density at radius 2 is 2.05 bits per heavy atom. The van der Waals surface area contributed by atoms with Crippen molar-refractivity contribution in [1.29, 1.82) is 0 Å².